The summed E-state index contributed by atoms with van der Waals surface area (Å²) in [5.74, 6) is 0. The molecule has 5 heteroatoms. The normalized spacial score (nSPS) is 12.9. The van der Waals surface area contributed by atoms with Crippen LogP contribution >= 0.6 is 22.7 Å². The molecule has 2 heterocycles. The Bertz CT molecular complexity index is 461. The molecular formula is C11H15N3S2. The largest absolute Gasteiger partial charge is 0.322 e. The fourth-order valence-corrected chi connectivity index (χ4v) is 2.95. The molecule has 0 bridgehead atoms. The van der Waals surface area contributed by atoms with Crippen LogP contribution in [0, 0.1) is 6.92 Å². The number of aromatic nitrogens is 2. The smallest absolute Gasteiger partial charge is 0.110 e. The number of nitrogens with zero attached hydrogens (tertiary/aromatic N) is 2. The molecule has 0 fully saturated rings. The van der Waals surface area contributed by atoms with Gasteiger partial charge in [0.1, 0.15) is 16.4 Å². The van der Waals surface area contributed by atoms with Gasteiger partial charge in [-0.1, -0.05) is 13.3 Å². The SMILES string of the molecule is CCCC(N)c1nc(-c2csc(C)n2)cs1. The van der Waals surface area contributed by atoms with Gasteiger partial charge in [0.15, 0.2) is 0 Å². The summed E-state index contributed by atoms with van der Waals surface area (Å²) in [6, 6.07) is 0.0727. The maximum atomic E-state index is 6.03. The highest BCUT2D eigenvalue weighted by atomic mass is 32.1. The molecule has 0 radical (unpaired) electrons. The molecule has 1 atom stereocenters. The summed E-state index contributed by atoms with van der Waals surface area (Å²) in [4.78, 5) is 8.97. The topological polar surface area (TPSA) is 51.8 Å². The highest BCUT2D eigenvalue weighted by Crippen LogP contribution is 2.27. The first-order valence-corrected chi connectivity index (χ1v) is 7.10. The van der Waals surface area contributed by atoms with Gasteiger partial charge in [0.2, 0.25) is 0 Å². The molecule has 0 amide bonds. The molecule has 0 saturated carbocycles. The van der Waals surface area contributed by atoms with Gasteiger partial charge in [0.25, 0.3) is 0 Å². The summed E-state index contributed by atoms with van der Waals surface area (Å²) in [6.45, 7) is 4.14. The molecule has 2 rings (SSSR count). The van der Waals surface area contributed by atoms with E-state index in [4.69, 9.17) is 5.73 Å². The van der Waals surface area contributed by atoms with E-state index >= 15 is 0 Å². The van der Waals surface area contributed by atoms with Gasteiger partial charge < -0.3 is 5.73 Å². The van der Waals surface area contributed by atoms with Gasteiger partial charge in [-0.2, -0.15) is 0 Å². The maximum Gasteiger partial charge on any atom is 0.110 e. The van der Waals surface area contributed by atoms with Crippen molar-refractivity contribution in [2.45, 2.75) is 32.7 Å². The Morgan fingerprint density at radius 2 is 1.94 bits per heavy atom. The summed E-state index contributed by atoms with van der Waals surface area (Å²) in [5, 5.41) is 6.17. The van der Waals surface area contributed by atoms with Gasteiger partial charge in [-0.15, -0.1) is 22.7 Å². The van der Waals surface area contributed by atoms with Crippen molar-refractivity contribution in [2.24, 2.45) is 5.73 Å². The number of hydrogen-bond donors (Lipinski definition) is 1. The van der Waals surface area contributed by atoms with E-state index in [1.807, 2.05) is 17.7 Å². The predicted octanol–water partition coefficient (Wildman–Crippen LogP) is 3.37. The van der Waals surface area contributed by atoms with Crippen molar-refractivity contribution in [1.82, 2.24) is 9.97 Å². The number of hydrogen-bond acceptors (Lipinski definition) is 5. The van der Waals surface area contributed by atoms with E-state index in [0.29, 0.717) is 0 Å². The van der Waals surface area contributed by atoms with Crippen LogP contribution in [0.25, 0.3) is 11.4 Å². The van der Waals surface area contributed by atoms with E-state index in [1.165, 1.54) is 0 Å². The Morgan fingerprint density at radius 3 is 2.56 bits per heavy atom. The summed E-state index contributed by atoms with van der Waals surface area (Å²) >= 11 is 3.28. The molecule has 0 spiro atoms. The fourth-order valence-electron chi connectivity index (χ4n) is 1.49. The lowest BCUT2D eigenvalue weighted by Crippen LogP contribution is -2.09. The average Bonchev–Trinajstić information content (AvgIpc) is 2.85. The van der Waals surface area contributed by atoms with Crippen molar-refractivity contribution in [3.05, 3.63) is 20.8 Å². The third-order valence-corrected chi connectivity index (χ3v) is 4.07. The number of aryl methyl sites for hydroxylation is 1. The van der Waals surface area contributed by atoms with E-state index in [0.717, 1.165) is 34.2 Å². The monoisotopic (exact) mass is 253 g/mol. The molecule has 0 aliphatic carbocycles. The molecule has 2 N–H and O–H groups in total. The Labute approximate surface area is 103 Å². The van der Waals surface area contributed by atoms with E-state index in [2.05, 4.69) is 16.9 Å². The molecule has 2 aromatic rings. The average molecular weight is 253 g/mol. The molecule has 0 aliphatic rings. The second kappa shape index (κ2) is 5.03. The molecule has 0 aromatic carbocycles. The Balaban J connectivity index is 2.19. The zero-order valence-electron chi connectivity index (χ0n) is 9.43. The Hall–Kier alpha value is -0.780. The first-order valence-electron chi connectivity index (χ1n) is 5.34. The van der Waals surface area contributed by atoms with Crippen LogP contribution in [0.4, 0.5) is 0 Å². The molecule has 0 aliphatic heterocycles. The van der Waals surface area contributed by atoms with Crippen molar-refractivity contribution < 1.29 is 0 Å². The summed E-state index contributed by atoms with van der Waals surface area (Å²) in [7, 11) is 0. The fraction of sp³-hybridized carbons (Fsp3) is 0.455. The van der Waals surface area contributed by atoms with Gasteiger partial charge in [-0.25, -0.2) is 9.97 Å². The summed E-state index contributed by atoms with van der Waals surface area (Å²) < 4.78 is 0. The molecule has 16 heavy (non-hydrogen) atoms. The Morgan fingerprint density at radius 1 is 1.25 bits per heavy atom. The minimum Gasteiger partial charge on any atom is -0.322 e. The van der Waals surface area contributed by atoms with Crippen LogP contribution in [0.15, 0.2) is 10.8 Å². The van der Waals surface area contributed by atoms with Crippen molar-refractivity contribution in [3.63, 3.8) is 0 Å². The first-order chi connectivity index (χ1) is 7.70. The second-order valence-electron chi connectivity index (χ2n) is 3.72. The minimum absolute atomic E-state index is 0.0727. The van der Waals surface area contributed by atoms with Crippen molar-refractivity contribution >= 4 is 22.7 Å². The number of rotatable bonds is 4. The van der Waals surface area contributed by atoms with E-state index in [-0.39, 0.29) is 6.04 Å². The van der Waals surface area contributed by atoms with Crippen LogP contribution in [-0.4, -0.2) is 9.97 Å². The third-order valence-electron chi connectivity index (χ3n) is 2.32. The van der Waals surface area contributed by atoms with Crippen LogP contribution in [0.3, 0.4) is 0 Å². The van der Waals surface area contributed by atoms with E-state index < -0.39 is 0 Å². The lowest BCUT2D eigenvalue weighted by molar-refractivity contribution is 0.635. The van der Waals surface area contributed by atoms with Crippen LogP contribution in [-0.2, 0) is 0 Å². The molecular weight excluding hydrogens is 238 g/mol. The zero-order chi connectivity index (χ0) is 11.5. The highest BCUT2D eigenvalue weighted by molar-refractivity contribution is 7.10. The van der Waals surface area contributed by atoms with E-state index in [1.54, 1.807) is 22.7 Å². The van der Waals surface area contributed by atoms with Crippen LogP contribution in [0.1, 0.15) is 35.8 Å². The van der Waals surface area contributed by atoms with Gasteiger partial charge in [0.05, 0.1) is 11.0 Å². The quantitative estimate of drug-likeness (QED) is 0.908. The zero-order valence-corrected chi connectivity index (χ0v) is 11.1. The van der Waals surface area contributed by atoms with Crippen molar-refractivity contribution in [3.8, 4) is 11.4 Å². The Kier molecular flexibility index (Phi) is 3.68. The third kappa shape index (κ3) is 2.48. The molecule has 1 unspecified atom stereocenters. The minimum atomic E-state index is 0.0727. The predicted molar refractivity (Wildman–Crippen MR) is 69.8 cm³/mol. The lowest BCUT2D eigenvalue weighted by Gasteiger charge is -2.04. The van der Waals surface area contributed by atoms with Crippen molar-refractivity contribution in [2.75, 3.05) is 0 Å². The van der Waals surface area contributed by atoms with Gasteiger partial charge >= 0.3 is 0 Å². The van der Waals surface area contributed by atoms with Crippen LogP contribution in [0.2, 0.25) is 0 Å². The first kappa shape index (κ1) is 11.7. The summed E-state index contributed by atoms with van der Waals surface area (Å²) in [6.07, 6.45) is 2.08. The van der Waals surface area contributed by atoms with Crippen LogP contribution in [0.5, 0.6) is 0 Å². The molecule has 2 aromatic heterocycles. The van der Waals surface area contributed by atoms with Crippen LogP contribution < -0.4 is 5.73 Å². The lowest BCUT2D eigenvalue weighted by atomic mass is 10.2. The number of nitrogens with two attached hydrogens (primary N) is 1. The molecule has 0 saturated heterocycles. The van der Waals surface area contributed by atoms with E-state index in [9.17, 15) is 0 Å². The molecule has 86 valence electrons. The highest BCUT2D eigenvalue weighted by Gasteiger charge is 2.12. The standard InChI is InChI=1S/C11H15N3S2/c1-3-4-8(12)11-14-10(6-16-11)9-5-15-7(2)13-9/h5-6,8H,3-4,12H2,1-2H3. The van der Waals surface area contributed by atoms with Gasteiger partial charge in [-0.3, -0.25) is 0 Å². The summed E-state index contributed by atoms with van der Waals surface area (Å²) in [5.41, 5.74) is 7.95. The molecule has 3 nitrogen and oxygen atoms in total. The number of thiazole rings is 2. The van der Waals surface area contributed by atoms with Crippen molar-refractivity contribution in [1.29, 1.82) is 0 Å². The second-order valence-corrected chi connectivity index (χ2v) is 5.67. The van der Waals surface area contributed by atoms with Gasteiger partial charge in [0, 0.05) is 10.8 Å². The maximum absolute atomic E-state index is 6.03. The van der Waals surface area contributed by atoms with Gasteiger partial charge in [-0.05, 0) is 13.3 Å².